The summed E-state index contributed by atoms with van der Waals surface area (Å²) in [6, 6.07) is 16.8. The van der Waals surface area contributed by atoms with Crippen LogP contribution in [0.3, 0.4) is 0 Å². The molecule has 0 bridgehead atoms. The van der Waals surface area contributed by atoms with Crippen molar-refractivity contribution in [3.63, 3.8) is 0 Å². The topological polar surface area (TPSA) is 104 Å². The first-order chi connectivity index (χ1) is 17.8. The van der Waals surface area contributed by atoms with Crippen molar-refractivity contribution in [2.75, 3.05) is 11.9 Å². The predicted octanol–water partition coefficient (Wildman–Crippen LogP) is 6.38. The third kappa shape index (κ3) is 5.83. The molecule has 37 heavy (non-hydrogen) atoms. The Labute approximate surface area is 218 Å². The van der Waals surface area contributed by atoms with E-state index in [4.69, 9.17) is 18.6 Å². The van der Waals surface area contributed by atoms with Crippen LogP contribution in [0.1, 0.15) is 62.7 Å². The zero-order valence-corrected chi connectivity index (χ0v) is 21.8. The lowest BCUT2D eigenvalue weighted by Gasteiger charge is -2.10. The summed E-state index contributed by atoms with van der Waals surface area (Å²) in [5.41, 5.74) is 0.495. The number of hydrogen-bond acceptors (Lipinski definition) is 8. The van der Waals surface area contributed by atoms with Crippen LogP contribution in [0.5, 0.6) is 5.75 Å². The molecule has 0 spiro atoms. The third-order valence-electron chi connectivity index (χ3n) is 5.39. The molecule has 4 aromatic rings. The number of esters is 2. The Kier molecular flexibility index (Phi) is 7.93. The monoisotopic (exact) mass is 521 g/mol. The fraction of sp³-hybridized carbons (Fsp3) is 0.250. The second kappa shape index (κ2) is 11.3. The lowest BCUT2D eigenvalue weighted by atomic mass is 10.1. The first-order valence-electron chi connectivity index (χ1n) is 11.8. The van der Waals surface area contributed by atoms with Crippen molar-refractivity contribution >= 4 is 45.0 Å². The first-order valence-corrected chi connectivity index (χ1v) is 12.6. The van der Waals surface area contributed by atoms with Gasteiger partial charge in [-0.3, -0.25) is 4.79 Å². The van der Waals surface area contributed by atoms with Gasteiger partial charge in [0, 0.05) is 5.39 Å². The second-order valence-electron chi connectivity index (χ2n) is 8.42. The highest BCUT2D eigenvalue weighted by atomic mass is 32.1. The average Bonchev–Trinajstić information content (AvgIpc) is 3.47. The molecule has 4 rings (SSSR count). The Hall–Kier alpha value is -4.11. The standard InChI is InChI=1S/C28H27NO7S/c1-5-33-28(32)24-17(4)23(27(31)35-16(2)3)26(37-24)29-25(30)22-14-13-19(36-22)15-34-21-12-8-10-18-9-6-7-11-20(18)21/h6-14,16H,5,15H2,1-4H3,(H,29,30). The molecule has 1 amide bonds. The van der Waals surface area contributed by atoms with E-state index in [-0.39, 0.29) is 40.5 Å². The molecule has 0 aliphatic heterocycles. The summed E-state index contributed by atoms with van der Waals surface area (Å²) in [6.07, 6.45) is -0.379. The fourth-order valence-electron chi connectivity index (χ4n) is 3.72. The van der Waals surface area contributed by atoms with E-state index in [9.17, 15) is 14.4 Å². The molecule has 9 heteroatoms. The molecule has 2 aromatic heterocycles. The summed E-state index contributed by atoms with van der Waals surface area (Å²) in [7, 11) is 0. The molecule has 192 valence electrons. The number of ether oxygens (including phenoxy) is 3. The van der Waals surface area contributed by atoms with E-state index in [0.717, 1.165) is 22.1 Å². The SMILES string of the molecule is CCOC(=O)c1sc(NC(=O)c2ccc(COc3cccc4ccccc34)o2)c(C(=O)OC(C)C)c1C. The first kappa shape index (κ1) is 26.0. The van der Waals surface area contributed by atoms with Crippen LogP contribution in [0.2, 0.25) is 0 Å². The van der Waals surface area contributed by atoms with Gasteiger partial charge in [-0.2, -0.15) is 0 Å². The number of hydrogen-bond donors (Lipinski definition) is 1. The molecule has 1 N–H and O–H groups in total. The van der Waals surface area contributed by atoms with E-state index >= 15 is 0 Å². The minimum Gasteiger partial charge on any atom is -0.485 e. The lowest BCUT2D eigenvalue weighted by Crippen LogP contribution is -2.16. The number of benzene rings is 2. The van der Waals surface area contributed by atoms with Gasteiger partial charge in [0.1, 0.15) is 28.0 Å². The van der Waals surface area contributed by atoms with E-state index in [2.05, 4.69) is 5.32 Å². The summed E-state index contributed by atoms with van der Waals surface area (Å²) >= 11 is 0.954. The van der Waals surface area contributed by atoms with E-state index < -0.39 is 17.8 Å². The third-order valence-corrected chi connectivity index (χ3v) is 6.57. The van der Waals surface area contributed by atoms with Gasteiger partial charge in [-0.15, -0.1) is 11.3 Å². The van der Waals surface area contributed by atoms with Gasteiger partial charge in [-0.1, -0.05) is 36.4 Å². The van der Waals surface area contributed by atoms with Crippen LogP contribution >= 0.6 is 11.3 Å². The number of furan rings is 1. The zero-order chi connectivity index (χ0) is 26.5. The highest BCUT2D eigenvalue weighted by Gasteiger charge is 2.28. The maximum absolute atomic E-state index is 13.0. The quantitative estimate of drug-likeness (QED) is 0.255. The van der Waals surface area contributed by atoms with Gasteiger partial charge in [-0.25, -0.2) is 9.59 Å². The number of amides is 1. The number of carbonyl (C=O) groups is 3. The summed E-state index contributed by atoms with van der Waals surface area (Å²) in [5.74, 6) is -0.607. The van der Waals surface area contributed by atoms with Crippen molar-refractivity contribution in [1.29, 1.82) is 0 Å². The van der Waals surface area contributed by atoms with Crippen LogP contribution in [-0.4, -0.2) is 30.6 Å². The Morgan fingerprint density at radius 1 is 1.00 bits per heavy atom. The predicted molar refractivity (Wildman–Crippen MR) is 141 cm³/mol. The normalized spacial score (nSPS) is 10.9. The second-order valence-corrected chi connectivity index (χ2v) is 9.44. The average molecular weight is 522 g/mol. The van der Waals surface area contributed by atoms with Crippen molar-refractivity contribution in [2.45, 2.75) is 40.4 Å². The summed E-state index contributed by atoms with van der Waals surface area (Å²) < 4.78 is 22.1. The lowest BCUT2D eigenvalue weighted by molar-refractivity contribution is 0.0379. The number of nitrogens with one attached hydrogen (secondary N) is 1. The molecule has 0 aliphatic rings. The van der Waals surface area contributed by atoms with Crippen molar-refractivity contribution in [2.24, 2.45) is 0 Å². The molecular formula is C28H27NO7S. The largest absolute Gasteiger partial charge is 0.485 e. The molecule has 0 aliphatic carbocycles. The Balaban J connectivity index is 1.52. The molecule has 0 radical (unpaired) electrons. The highest BCUT2D eigenvalue weighted by Crippen LogP contribution is 2.35. The van der Waals surface area contributed by atoms with Gasteiger partial charge in [0.25, 0.3) is 5.91 Å². The van der Waals surface area contributed by atoms with Crippen LogP contribution in [0.15, 0.2) is 59.0 Å². The minimum atomic E-state index is -0.641. The molecule has 0 unspecified atom stereocenters. The van der Waals surface area contributed by atoms with E-state index in [1.165, 1.54) is 6.07 Å². The van der Waals surface area contributed by atoms with E-state index in [1.54, 1.807) is 33.8 Å². The van der Waals surface area contributed by atoms with Gasteiger partial charge in [-0.05, 0) is 56.8 Å². The van der Waals surface area contributed by atoms with Crippen molar-refractivity contribution in [1.82, 2.24) is 0 Å². The zero-order valence-electron chi connectivity index (χ0n) is 21.0. The fourth-order valence-corrected chi connectivity index (χ4v) is 4.81. The molecule has 0 saturated heterocycles. The van der Waals surface area contributed by atoms with Crippen LogP contribution in [0.4, 0.5) is 5.00 Å². The summed E-state index contributed by atoms with van der Waals surface area (Å²) in [5, 5.41) is 4.90. The summed E-state index contributed by atoms with van der Waals surface area (Å²) in [4.78, 5) is 38.4. The maximum atomic E-state index is 13.0. The highest BCUT2D eigenvalue weighted by molar-refractivity contribution is 7.18. The van der Waals surface area contributed by atoms with Crippen molar-refractivity contribution < 1.29 is 33.0 Å². The van der Waals surface area contributed by atoms with Crippen LogP contribution in [0, 0.1) is 6.92 Å². The van der Waals surface area contributed by atoms with Crippen molar-refractivity contribution in [3.8, 4) is 5.75 Å². The molecule has 0 saturated carbocycles. The Morgan fingerprint density at radius 3 is 2.51 bits per heavy atom. The number of rotatable bonds is 9. The smallest absolute Gasteiger partial charge is 0.348 e. The number of anilines is 1. The number of fused-ring (bicyclic) bond motifs is 1. The molecule has 0 atom stereocenters. The van der Waals surface area contributed by atoms with Gasteiger partial charge < -0.3 is 23.9 Å². The van der Waals surface area contributed by atoms with E-state index in [1.807, 2.05) is 42.5 Å². The molecule has 8 nitrogen and oxygen atoms in total. The van der Waals surface area contributed by atoms with Gasteiger partial charge in [0.2, 0.25) is 0 Å². The van der Waals surface area contributed by atoms with Gasteiger partial charge >= 0.3 is 11.9 Å². The summed E-state index contributed by atoms with van der Waals surface area (Å²) in [6.45, 7) is 7.04. The van der Waals surface area contributed by atoms with Crippen LogP contribution in [-0.2, 0) is 16.1 Å². The van der Waals surface area contributed by atoms with Gasteiger partial charge in [0.05, 0.1) is 18.3 Å². The van der Waals surface area contributed by atoms with Gasteiger partial charge in [0.15, 0.2) is 5.76 Å². The van der Waals surface area contributed by atoms with Crippen LogP contribution in [0.25, 0.3) is 10.8 Å². The molecule has 2 aromatic carbocycles. The maximum Gasteiger partial charge on any atom is 0.348 e. The van der Waals surface area contributed by atoms with Crippen molar-refractivity contribution in [3.05, 3.63) is 82.1 Å². The molecule has 2 heterocycles. The Morgan fingerprint density at radius 2 is 1.76 bits per heavy atom. The van der Waals surface area contributed by atoms with Crippen LogP contribution < -0.4 is 10.1 Å². The number of thiophene rings is 1. The molecule has 0 fully saturated rings. The van der Waals surface area contributed by atoms with E-state index in [0.29, 0.717) is 17.1 Å². The number of carbonyl (C=O) groups excluding carboxylic acids is 3. The Bertz CT molecular complexity index is 1440. The minimum absolute atomic E-state index is 0.0310. The molecular weight excluding hydrogens is 494 g/mol.